The minimum atomic E-state index is -4.12. The lowest BCUT2D eigenvalue weighted by Gasteiger charge is -2.12. The molecule has 0 aliphatic rings. The first kappa shape index (κ1) is 14.9. The topological polar surface area (TPSA) is 72.2 Å². The molecule has 4 nitrogen and oxygen atoms in total. The molecule has 0 aliphatic carbocycles. The summed E-state index contributed by atoms with van der Waals surface area (Å²) < 4.78 is 40.0. The second kappa shape index (κ2) is 5.47. The lowest BCUT2D eigenvalue weighted by atomic mass is 10.3. The van der Waals surface area contributed by atoms with Gasteiger partial charge >= 0.3 is 0 Å². The number of benzene rings is 2. The van der Waals surface area contributed by atoms with E-state index < -0.39 is 15.8 Å². The Morgan fingerprint density at radius 3 is 2.40 bits per heavy atom. The number of hydrogen-bond acceptors (Lipinski definition) is 3. The Kier molecular flexibility index (Phi) is 4.08. The van der Waals surface area contributed by atoms with Crippen LogP contribution in [0.15, 0.2) is 41.3 Å². The maximum Gasteiger partial charge on any atom is 0.265 e. The van der Waals surface area contributed by atoms with E-state index in [4.69, 9.17) is 28.9 Å². The smallest absolute Gasteiger partial charge is 0.265 e. The van der Waals surface area contributed by atoms with Crippen LogP contribution in [0.5, 0.6) is 0 Å². The first-order valence-corrected chi connectivity index (χ1v) is 7.57. The molecule has 2 rings (SSSR count). The maximum atomic E-state index is 13.5. The van der Waals surface area contributed by atoms with Crippen LogP contribution in [0.4, 0.5) is 15.8 Å². The summed E-state index contributed by atoms with van der Waals surface area (Å²) in [5, 5.41) is 0.0659. The van der Waals surface area contributed by atoms with Crippen molar-refractivity contribution in [1.82, 2.24) is 0 Å². The third-order valence-electron chi connectivity index (χ3n) is 2.42. The van der Waals surface area contributed by atoms with Crippen molar-refractivity contribution < 1.29 is 12.8 Å². The van der Waals surface area contributed by atoms with Crippen molar-refractivity contribution in [2.75, 3.05) is 10.5 Å². The SMILES string of the molecule is Nc1cc(Cl)cc(Cl)c1S(=O)(=O)Nc1ccccc1F. The van der Waals surface area contributed by atoms with Crippen LogP contribution < -0.4 is 10.5 Å². The van der Waals surface area contributed by atoms with Crippen molar-refractivity contribution in [2.45, 2.75) is 4.90 Å². The molecule has 20 heavy (non-hydrogen) atoms. The number of anilines is 2. The molecule has 106 valence electrons. The zero-order chi connectivity index (χ0) is 14.9. The minimum absolute atomic E-state index is 0.119. The quantitative estimate of drug-likeness (QED) is 0.843. The predicted molar refractivity (Wildman–Crippen MR) is 78.1 cm³/mol. The fraction of sp³-hybridized carbons (Fsp3) is 0. The van der Waals surface area contributed by atoms with Gasteiger partial charge in [-0.2, -0.15) is 0 Å². The minimum Gasteiger partial charge on any atom is -0.398 e. The average Bonchev–Trinajstić information content (AvgIpc) is 2.30. The van der Waals surface area contributed by atoms with Crippen LogP contribution in [0, 0.1) is 5.82 Å². The Labute approximate surface area is 125 Å². The van der Waals surface area contributed by atoms with Crippen LogP contribution in [-0.2, 0) is 10.0 Å². The molecule has 0 bridgehead atoms. The molecule has 0 fully saturated rings. The Balaban J connectivity index is 2.50. The summed E-state index contributed by atoms with van der Waals surface area (Å²) in [5.41, 5.74) is 5.30. The zero-order valence-electron chi connectivity index (χ0n) is 9.90. The summed E-state index contributed by atoms with van der Waals surface area (Å²) in [5.74, 6) is -0.709. The second-order valence-electron chi connectivity index (χ2n) is 3.89. The van der Waals surface area contributed by atoms with Crippen LogP contribution >= 0.6 is 23.2 Å². The summed E-state index contributed by atoms with van der Waals surface area (Å²) in [6.45, 7) is 0. The molecule has 2 aromatic rings. The Morgan fingerprint density at radius 2 is 1.80 bits per heavy atom. The normalized spacial score (nSPS) is 11.3. The third kappa shape index (κ3) is 2.98. The zero-order valence-corrected chi connectivity index (χ0v) is 12.2. The highest BCUT2D eigenvalue weighted by molar-refractivity contribution is 7.93. The van der Waals surface area contributed by atoms with Crippen molar-refractivity contribution in [3.05, 3.63) is 52.3 Å². The summed E-state index contributed by atoms with van der Waals surface area (Å²) in [6, 6.07) is 7.85. The van der Waals surface area contributed by atoms with E-state index in [9.17, 15) is 12.8 Å². The third-order valence-corrected chi connectivity index (χ3v) is 4.53. The van der Waals surface area contributed by atoms with Gasteiger partial charge in [-0.3, -0.25) is 4.72 Å². The molecule has 0 heterocycles. The number of halogens is 3. The maximum absolute atomic E-state index is 13.5. The van der Waals surface area contributed by atoms with Crippen LogP contribution in [0.3, 0.4) is 0 Å². The molecule has 0 amide bonds. The number of para-hydroxylation sites is 1. The fourth-order valence-corrected chi connectivity index (χ4v) is 3.66. The number of nitrogens with two attached hydrogens (primary N) is 1. The first-order chi connectivity index (χ1) is 9.31. The first-order valence-electron chi connectivity index (χ1n) is 5.33. The van der Waals surface area contributed by atoms with Crippen LogP contribution in [-0.4, -0.2) is 8.42 Å². The van der Waals surface area contributed by atoms with Gasteiger partial charge in [-0.15, -0.1) is 0 Å². The van der Waals surface area contributed by atoms with Gasteiger partial charge in [-0.05, 0) is 24.3 Å². The number of rotatable bonds is 3. The van der Waals surface area contributed by atoms with Crippen LogP contribution in [0.25, 0.3) is 0 Å². The number of hydrogen-bond donors (Lipinski definition) is 2. The lowest BCUT2D eigenvalue weighted by molar-refractivity contribution is 0.599. The molecular formula is C12H9Cl2FN2O2S. The molecule has 2 aromatic carbocycles. The van der Waals surface area contributed by atoms with Crippen molar-refractivity contribution in [3.8, 4) is 0 Å². The Hall–Kier alpha value is -1.50. The highest BCUT2D eigenvalue weighted by Gasteiger charge is 2.23. The van der Waals surface area contributed by atoms with Crippen LogP contribution in [0.2, 0.25) is 10.0 Å². The van der Waals surface area contributed by atoms with E-state index in [1.54, 1.807) is 0 Å². The van der Waals surface area contributed by atoms with Crippen molar-refractivity contribution >= 4 is 44.6 Å². The fourth-order valence-electron chi connectivity index (χ4n) is 1.60. The van der Waals surface area contributed by atoms with Gasteiger partial charge < -0.3 is 5.73 Å². The summed E-state index contributed by atoms with van der Waals surface area (Å²) in [4.78, 5) is -0.341. The van der Waals surface area contributed by atoms with Gasteiger partial charge in [-0.25, -0.2) is 12.8 Å². The average molecular weight is 335 g/mol. The van der Waals surface area contributed by atoms with Gasteiger partial charge in [-0.1, -0.05) is 35.3 Å². The number of sulfonamides is 1. The molecule has 3 N–H and O–H groups in total. The van der Waals surface area contributed by atoms with E-state index in [1.165, 1.54) is 30.3 Å². The van der Waals surface area contributed by atoms with Crippen LogP contribution in [0.1, 0.15) is 0 Å². The number of nitrogens with one attached hydrogen (secondary N) is 1. The monoisotopic (exact) mass is 334 g/mol. The van der Waals surface area contributed by atoms with Gasteiger partial charge in [0, 0.05) is 5.02 Å². The molecule has 0 unspecified atom stereocenters. The Morgan fingerprint density at radius 1 is 1.15 bits per heavy atom. The predicted octanol–water partition coefficient (Wildman–Crippen LogP) is 3.52. The molecular weight excluding hydrogens is 326 g/mol. The van der Waals surface area contributed by atoms with E-state index in [0.717, 1.165) is 6.07 Å². The lowest BCUT2D eigenvalue weighted by Crippen LogP contribution is -2.16. The summed E-state index contributed by atoms with van der Waals surface area (Å²) in [6.07, 6.45) is 0. The van der Waals surface area contributed by atoms with E-state index >= 15 is 0 Å². The molecule has 0 saturated heterocycles. The molecule has 0 aromatic heterocycles. The van der Waals surface area contributed by atoms with E-state index in [0.29, 0.717) is 0 Å². The number of nitrogen functional groups attached to an aromatic ring is 1. The highest BCUT2D eigenvalue weighted by Crippen LogP contribution is 2.32. The van der Waals surface area contributed by atoms with Gasteiger partial charge in [0.25, 0.3) is 10.0 Å². The molecule has 0 spiro atoms. The van der Waals surface area contributed by atoms with Gasteiger partial charge in [0.15, 0.2) is 0 Å². The molecule has 0 radical (unpaired) electrons. The van der Waals surface area contributed by atoms with Gasteiger partial charge in [0.2, 0.25) is 0 Å². The van der Waals surface area contributed by atoms with Crippen molar-refractivity contribution in [1.29, 1.82) is 0 Å². The molecule has 0 saturated carbocycles. The van der Waals surface area contributed by atoms with Crippen molar-refractivity contribution in [3.63, 3.8) is 0 Å². The second-order valence-corrected chi connectivity index (χ2v) is 6.35. The highest BCUT2D eigenvalue weighted by atomic mass is 35.5. The molecule has 0 atom stereocenters. The van der Waals surface area contributed by atoms with E-state index in [1.807, 2.05) is 0 Å². The van der Waals surface area contributed by atoms with E-state index in [2.05, 4.69) is 4.72 Å². The van der Waals surface area contributed by atoms with Crippen molar-refractivity contribution in [2.24, 2.45) is 0 Å². The van der Waals surface area contributed by atoms with Gasteiger partial charge in [0.05, 0.1) is 16.4 Å². The largest absolute Gasteiger partial charge is 0.398 e. The summed E-state index contributed by atoms with van der Waals surface area (Å²) in [7, 11) is -4.12. The molecule has 0 aliphatic heterocycles. The molecule has 8 heteroatoms. The Bertz CT molecular complexity index is 743. The summed E-state index contributed by atoms with van der Waals surface area (Å²) >= 11 is 11.6. The van der Waals surface area contributed by atoms with Gasteiger partial charge in [0.1, 0.15) is 10.7 Å². The standard InChI is InChI=1S/C12H9Cl2FN2O2S/c13-7-5-8(14)12(10(16)6-7)20(18,19)17-11-4-2-1-3-9(11)15/h1-6,17H,16H2. The van der Waals surface area contributed by atoms with E-state index in [-0.39, 0.29) is 26.3 Å².